The van der Waals surface area contributed by atoms with Gasteiger partial charge < -0.3 is 15.5 Å². The summed E-state index contributed by atoms with van der Waals surface area (Å²) in [7, 11) is 5.62. The van der Waals surface area contributed by atoms with E-state index in [1.807, 2.05) is 19.0 Å². The van der Waals surface area contributed by atoms with E-state index >= 15 is 0 Å². The van der Waals surface area contributed by atoms with E-state index in [1.165, 1.54) is 24.0 Å². The summed E-state index contributed by atoms with van der Waals surface area (Å²) in [5.41, 5.74) is 3.91. The minimum absolute atomic E-state index is 0.552. The normalized spacial score (nSPS) is 12.9. The number of nitrogens with zero attached hydrogens (tertiary/aromatic N) is 4. The monoisotopic (exact) mass is 284 g/mol. The van der Waals surface area contributed by atoms with Crippen LogP contribution in [0.15, 0.2) is 18.2 Å². The number of aromatic nitrogens is 3. The summed E-state index contributed by atoms with van der Waals surface area (Å²) < 4.78 is 0. The molecule has 1 aliphatic carbocycles. The number of rotatable bonds is 4. The number of fused-ring (bicyclic) bond motifs is 1. The summed E-state index contributed by atoms with van der Waals surface area (Å²) in [6.45, 7) is 0. The number of hydrogen-bond donors (Lipinski definition) is 2. The molecule has 0 radical (unpaired) electrons. The van der Waals surface area contributed by atoms with E-state index in [2.05, 4.69) is 43.8 Å². The second kappa shape index (κ2) is 5.55. The Morgan fingerprint density at radius 3 is 2.52 bits per heavy atom. The van der Waals surface area contributed by atoms with Gasteiger partial charge in [-0.15, -0.1) is 0 Å². The molecule has 1 heterocycles. The van der Waals surface area contributed by atoms with E-state index in [1.54, 1.807) is 7.05 Å². The highest BCUT2D eigenvalue weighted by Crippen LogP contribution is 2.26. The highest BCUT2D eigenvalue weighted by atomic mass is 15.3. The van der Waals surface area contributed by atoms with Crippen molar-refractivity contribution in [3.05, 3.63) is 29.3 Å². The van der Waals surface area contributed by atoms with Crippen LogP contribution in [0.3, 0.4) is 0 Å². The van der Waals surface area contributed by atoms with Crippen LogP contribution in [0.4, 0.5) is 23.5 Å². The van der Waals surface area contributed by atoms with Crippen molar-refractivity contribution in [2.24, 2.45) is 0 Å². The molecule has 0 aliphatic heterocycles. The van der Waals surface area contributed by atoms with Crippen molar-refractivity contribution >= 4 is 23.5 Å². The molecule has 6 nitrogen and oxygen atoms in total. The average molecular weight is 284 g/mol. The van der Waals surface area contributed by atoms with E-state index in [4.69, 9.17) is 0 Å². The Labute approximate surface area is 124 Å². The smallest absolute Gasteiger partial charge is 0.233 e. The van der Waals surface area contributed by atoms with Gasteiger partial charge in [-0.3, -0.25) is 0 Å². The maximum absolute atomic E-state index is 4.42. The van der Waals surface area contributed by atoms with Crippen molar-refractivity contribution in [1.29, 1.82) is 0 Å². The van der Waals surface area contributed by atoms with E-state index in [0.717, 1.165) is 12.1 Å². The van der Waals surface area contributed by atoms with Crippen molar-refractivity contribution in [2.75, 3.05) is 36.7 Å². The predicted molar refractivity (Wildman–Crippen MR) is 85.5 cm³/mol. The quantitative estimate of drug-likeness (QED) is 0.897. The van der Waals surface area contributed by atoms with Crippen LogP contribution in [-0.2, 0) is 12.8 Å². The first-order valence-electron chi connectivity index (χ1n) is 7.15. The van der Waals surface area contributed by atoms with Crippen molar-refractivity contribution in [1.82, 2.24) is 15.0 Å². The Bertz CT molecular complexity index is 653. The largest absolute Gasteiger partial charge is 0.357 e. The topological polar surface area (TPSA) is 66.0 Å². The van der Waals surface area contributed by atoms with Gasteiger partial charge in [-0.05, 0) is 42.5 Å². The van der Waals surface area contributed by atoms with Gasteiger partial charge in [0.2, 0.25) is 17.8 Å². The van der Waals surface area contributed by atoms with Crippen LogP contribution in [-0.4, -0.2) is 36.1 Å². The summed E-state index contributed by atoms with van der Waals surface area (Å²) >= 11 is 0. The van der Waals surface area contributed by atoms with E-state index in [9.17, 15) is 0 Å². The summed E-state index contributed by atoms with van der Waals surface area (Å²) in [5.74, 6) is 1.73. The zero-order valence-electron chi connectivity index (χ0n) is 12.6. The van der Waals surface area contributed by atoms with Crippen molar-refractivity contribution in [2.45, 2.75) is 19.3 Å². The van der Waals surface area contributed by atoms with Gasteiger partial charge in [0.15, 0.2) is 0 Å². The first kappa shape index (κ1) is 13.6. The second-order valence-corrected chi connectivity index (χ2v) is 5.39. The van der Waals surface area contributed by atoms with Crippen LogP contribution in [0.2, 0.25) is 0 Å². The lowest BCUT2D eigenvalue weighted by atomic mass is 10.1. The number of nitrogens with one attached hydrogen (secondary N) is 2. The number of benzene rings is 1. The summed E-state index contributed by atoms with van der Waals surface area (Å²) in [6, 6.07) is 6.47. The van der Waals surface area contributed by atoms with Crippen LogP contribution >= 0.6 is 0 Å². The molecule has 0 saturated carbocycles. The highest BCUT2D eigenvalue weighted by molar-refractivity contribution is 5.58. The second-order valence-electron chi connectivity index (χ2n) is 5.39. The minimum atomic E-state index is 0.552. The Kier molecular flexibility index (Phi) is 3.60. The first-order valence-corrected chi connectivity index (χ1v) is 7.15. The molecule has 21 heavy (non-hydrogen) atoms. The third kappa shape index (κ3) is 2.89. The molecule has 0 atom stereocenters. The van der Waals surface area contributed by atoms with Gasteiger partial charge in [0, 0.05) is 26.8 Å². The fourth-order valence-corrected chi connectivity index (χ4v) is 2.51. The van der Waals surface area contributed by atoms with E-state index in [-0.39, 0.29) is 0 Å². The van der Waals surface area contributed by atoms with Crippen molar-refractivity contribution in [3.63, 3.8) is 0 Å². The van der Waals surface area contributed by atoms with Gasteiger partial charge in [-0.2, -0.15) is 15.0 Å². The molecule has 0 bridgehead atoms. The molecule has 2 aromatic rings. The third-order valence-corrected chi connectivity index (χ3v) is 3.60. The Balaban J connectivity index is 1.88. The van der Waals surface area contributed by atoms with E-state index in [0.29, 0.717) is 17.8 Å². The number of aryl methyl sites for hydroxylation is 2. The molecular weight excluding hydrogens is 264 g/mol. The molecule has 0 fully saturated rings. The Hall–Kier alpha value is -2.37. The first-order chi connectivity index (χ1) is 10.2. The van der Waals surface area contributed by atoms with E-state index < -0.39 is 0 Å². The molecule has 1 aromatic carbocycles. The molecule has 3 rings (SSSR count). The van der Waals surface area contributed by atoms with Crippen LogP contribution < -0.4 is 15.5 Å². The number of hydrogen-bond acceptors (Lipinski definition) is 6. The lowest BCUT2D eigenvalue weighted by Gasteiger charge is -2.13. The lowest BCUT2D eigenvalue weighted by Crippen LogP contribution is -2.15. The molecule has 110 valence electrons. The van der Waals surface area contributed by atoms with Gasteiger partial charge in [0.1, 0.15) is 0 Å². The predicted octanol–water partition coefficient (Wildman–Crippen LogP) is 2.21. The molecular formula is C15H20N6. The molecule has 1 aromatic heterocycles. The SMILES string of the molecule is CNc1nc(Nc2ccc3c(c2)CCC3)nc(N(C)C)n1. The average Bonchev–Trinajstić information content (AvgIpc) is 2.94. The molecule has 0 spiro atoms. The van der Waals surface area contributed by atoms with Crippen LogP contribution in [0.5, 0.6) is 0 Å². The zero-order chi connectivity index (χ0) is 14.8. The zero-order valence-corrected chi connectivity index (χ0v) is 12.6. The highest BCUT2D eigenvalue weighted by Gasteiger charge is 2.12. The van der Waals surface area contributed by atoms with Crippen LogP contribution in [0.25, 0.3) is 0 Å². The molecule has 6 heteroatoms. The van der Waals surface area contributed by atoms with Gasteiger partial charge in [-0.25, -0.2) is 0 Å². The van der Waals surface area contributed by atoms with Crippen LogP contribution in [0.1, 0.15) is 17.5 Å². The Morgan fingerprint density at radius 2 is 1.76 bits per heavy atom. The van der Waals surface area contributed by atoms with Gasteiger partial charge >= 0.3 is 0 Å². The van der Waals surface area contributed by atoms with Crippen LogP contribution in [0, 0.1) is 0 Å². The third-order valence-electron chi connectivity index (χ3n) is 3.60. The van der Waals surface area contributed by atoms with Gasteiger partial charge in [0.25, 0.3) is 0 Å². The minimum Gasteiger partial charge on any atom is -0.357 e. The van der Waals surface area contributed by atoms with Crippen molar-refractivity contribution in [3.8, 4) is 0 Å². The molecule has 2 N–H and O–H groups in total. The lowest BCUT2D eigenvalue weighted by molar-refractivity contribution is 0.912. The number of anilines is 4. The summed E-state index contributed by atoms with van der Waals surface area (Å²) in [4.78, 5) is 14.9. The van der Waals surface area contributed by atoms with Crippen molar-refractivity contribution < 1.29 is 0 Å². The van der Waals surface area contributed by atoms with Gasteiger partial charge in [0.05, 0.1) is 0 Å². The molecule has 0 amide bonds. The maximum atomic E-state index is 4.42. The standard InChI is InChI=1S/C15H20N6/c1-16-13-18-14(20-15(19-13)21(2)3)17-12-8-7-10-5-4-6-11(10)9-12/h7-9H,4-6H2,1-3H3,(H2,16,17,18,19,20). The fraction of sp³-hybridized carbons (Fsp3) is 0.400. The summed E-state index contributed by atoms with van der Waals surface area (Å²) in [6.07, 6.45) is 3.60. The Morgan fingerprint density at radius 1 is 1.00 bits per heavy atom. The molecule has 0 saturated heterocycles. The maximum Gasteiger partial charge on any atom is 0.233 e. The van der Waals surface area contributed by atoms with Gasteiger partial charge in [-0.1, -0.05) is 6.07 Å². The molecule has 1 aliphatic rings. The fourth-order valence-electron chi connectivity index (χ4n) is 2.51. The molecule has 0 unspecified atom stereocenters. The summed E-state index contributed by atoms with van der Waals surface area (Å²) in [5, 5.41) is 6.24.